The van der Waals surface area contributed by atoms with Crippen LogP contribution in [0.3, 0.4) is 0 Å². The Morgan fingerprint density at radius 2 is 2.05 bits per heavy atom. The highest BCUT2D eigenvalue weighted by Gasteiger charge is 2.21. The van der Waals surface area contributed by atoms with Crippen LogP contribution in [0.2, 0.25) is 0 Å². The van der Waals surface area contributed by atoms with Crippen molar-refractivity contribution in [2.45, 2.75) is 24.7 Å². The molecule has 0 radical (unpaired) electrons. The van der Waals surface area contributed by atoms with Gasteiger partial charge in [-0.15, -0.1) is 0 Å². The summed E-state index contributed by atoms with van der Waals surface area (Å²) in [5.74, 6) is 0.403. The fourth-order valence-electron chi connectivity index (χ4n) is 1.29. The summed E-state index contributed by atoms with van der Waals surface area (Å²) in [4.78, 5) is 7.93. The molecule has 1 aromatic rings. The number of anilines is 1. The van der Waals surface area contributed by atoms with E-state index in [1.54, 1.807) is 0 Å². The largest absolute Gasteiger partial charge is 0.354 e. The van der Waals surface area contributed by atoms with E-state index in [0.717, 1.165) is 17.3 Å². The van der Waals surface area contributed by atoms with Crippen LogP contribution < -0.4 is 5.32 Å². The van der Waals surface area contributed by atoms with Crippen molar-refractivity contribution >= 4 is 16.0 Å². The lowest BCUT2D eigenvalue weighted by Crippen LogP contribution is -2.28. The van der Waals surface area contributed by atoms with Gasteiger partial charge >= 0.3 is 0 Å². The van der Waals surface area contributed by atoms with E-state index in [2.05, 4.69) is 15.3 Å². The van der Waals surface area contributed by atoms with Gasteiger partial charge in [0.1, 0.15) is 4.90 Å². The Bertz CT molecular complexity index is 535. The summed E-state index contributed by atoms with van der Waals surface area (Å²) in [7, 11) is -2.19. The van der Waals surface area contributed by atoms with Crippen molar-refractivity contribution in [2.24, 2.45) is 0 Å². The quantitative estimate of drug-likeness (QED) is 0.795. The van der Waals surface area contributed by atoms with Crippen LogP contribution >= 0.6 is 0 Å². The smallest absolute Gasteiger partial charge is 0.245 e. The van der Waals surface area contributed by atoms with E-state index in [1.807, 2.05) is 13.0 Å². The van der Waals surface area contributed by atoms with Crippen molar-refractivity contribution in [3.8, 4) is 6.07 Å². The van der Waals surface area contributed by atoms with Gasteiger partial charge in [0.05, 0.1) is 18.5 Å². The zero-order valence-electron chi connectivity index (χ0n) is 11.0. The van der Waals surface area contributed by atoms with E-state index < -0.39 is 10.0 Å². The lowest BCUT2D eigenvalue weighted by Gasteiger charge is -2.15. The van der Waals surface area contributed by atoms with Gasteiger partial charge in [0.2, 0.25) is 16.0 Å². The second-order valence-electron chi connectivity index (χ2n) is 3.90. The molecule has 0 aliphatic rings. The molecule has 0 unspecified atom stereocenters. The van der Waals surface area contributed by atoms with Gasteiger partial charge in [0.25, 0.3) is 0 Å². The maximum absolute atomic E-state index is 12.1. The van der Waals surface area contributed by atoms with Crippen molar-refractivity contribution in [3.05, 3.63) is 12.4 Å². The predicted molar refractivity (Wildman–Crippen MR) is 70.9 cm³/mol. The average molecular weight is 283 g/mol. The van der Waals surface area contributed by atoms with Crippen LogP contribution in [0, 0.1) is 11.3 Å². The van der Waals surface area contributed by atoms with Crippen LogP contribution in [0.5, 0.6) is 0 Å². The molecular formula is C11H17N5O2S. The molecule has 0 aliphatic carbocycles. The van der Waals surface area contributed by atoms with Crippen LogP contribution in [0.25, 0.3) is 0 Å². The van der Waals surface area contributed by atoms with Crippen molar-refractivity contribution in [3.63, 3.8) is 0 Å². The topological polar surface area (TPSA) is 99.0 Å². The van der Waals surface area contributed by atoms with E-state index in [0.29, 0.717) is 5.95 Å². The molecule has 1 heterocycles. The van der Waals surface area contributed by atoms with E-state index in [4.69, 9.17) is 5.26 Å². The Kier molecular flexibility index (Phi) is 5.66. The van der Waals surface area contributed by atoms with Crippen LogP contribution in [0.15, 0.2) is 17.3 Å². The number of sulfonamides is 1. The number of aromatic nitrogens is 2. The van der Waals surface area contributed by atoms with Crippen LogP contribution in [-0.2, 0) is 10.0 Å². The van der Waals surface area contributed by atoms with Crippen LogP contribution in [0.1, 0.15) is 19.8 Å². The summed E-state index contributed by atoms with van der Waals surface area (Å²) in [5, 5.41) is 11.4. The van der Waals surface area contributed by atoms with E-state index >= 15 is 0 Å². The minimum Gasteiger partial charge on any atom is -0.354 e. The molecule has 8 heteroatoms. The lowest BCUT2D eigenvalue weighted by molar-refractivity contribution is 0.476. The summed E-state index contributed by atoms with van der Waals surface area (Å²) in [6, 6.07) is 1.91. The molecule has 0 saturated carbocycles. The zero-order valence-corrected chi connectivity index (χ0v) is 11.8. The minimum absolute atomic E-state index is 0.0231. The number of nitriles is 1. The Labute approximate surface area is 113 Å². The molecule has 19 heavy (non-hydrogen) atoms. The average Bonchev–Trinajstić information content (AvgIpc) is 2.42. The predicted octanol–water partition coefficient (Wildman–Crippen LogP) is 0.833. The van der Waals surface area contributed by atoms with Gasteiger partial charge in [-0.3, -0.25) is 0 Å². The Morgan fingerprint density at radius 3 is 2.58 bits per heavy atom. The van der Waals surface area contributed by atoms with Gasteiger partial charge < -0.3 is 5.32 Å². The van der Waals surface area contributed by atoms with Gasteiger partial charge in [0.15, 0.2) is 0 Å². The fourth-order valence-corrected chi connectivity index (χ4v) is 2.35. The van der Waals surface area contributed by atoms with Gasteiger partial charge in [-0.1, -0.05) is 6.92 Å². The SMILES string of the molecule is CCCNc1ncc(S(=O)(=O)N(C)CCC#N)cn1. The van der Waals surface area contributed by atoms with Gasteiger partial charge in [-0.05, 0) is 6.42 Å². The molecule has 0 bridgehead atoms. The molecule has 1 N–H and O–H groups in total. The van der Waals surface area contributed by atoms with Crippen molar-refractivity contribution < 1.29 is 8.42 Å². The lowest BCUT2D eigenvalue weighted by atomic mass is 10.5. The molecule has 1 rings (SSSR count). The second-order valence-corrected chi connectivity index (χ2v) is 5.95. The number of nitrogens with one attached hydrogen (secondary N) is 1. The first-order valence-electron chi connectivity index (χ1n) is 5.91. The van der Waals surface area contributed by atoms with Gasteiger partial charge in [-0.2, -0.15) is 9.57 Å². The summed E-state index contributed by atoms with van der Waals surface area (Å²) < 4.78 is 25.3. The molecular weight excluding hydrogens is 266 g/mol. The third-order valence-electron chi connectivity index (χ3n) is 2.41. The van der Waals surface area contributed by atoms with E-state index in [-0.39, 0.29) is 17.9 Å². The molecule has 0 atom stereocenters. The molecule has 0 aliphatic heterocycles. The molecule has 1 aromatic heterocycles. The molecule has 7 nitrogen and oxygen atoms in total. The monoisotopic (exact) mass is 283 g/mol. The Balaban J connectivity index is 2.82. The maximum atomic E-state index is 12.1. The molecule has 0 amide bonds. The van der Waals surface area contributed by atoms with E-state index in [1.165, 1.54) is 19.4 Å². The first-order valence-corrected chi connectivity index (χ1v) is 7.35. The first-order chi connectivity index (χ1) is 9.02. The van der Waals surface area contributed by atoms with Gasteiger partial charge in [0, 0.05) is 26.6 Å². The summed E-state index contributed by atoms with van der Waals surface area (Å²) in [6.07, 6.45) is 3.61. The molecule has 104 valence electrons. The van der Waals surface area contributed by atoms with Crippen molar-refractivity contribution in [2.75, 3.05) is 25.5 Å². The standard InChI is InChI=1S/C11H17N5O2S/c1-3-6-13-11-14-8-10(9-15-11)19(17,18)16(2)7-4-5-12/h8-9H,3-4,6-7H2,1-2H3,(H,13,14,15). The summed E-state index contributed by atoms with van der Waals surface area (Å²) >= 11 is 0. The molecule has 0 fully saturated rings. The second kappa shape index (κ2) is 7.01. The summed E-state index contributed by atoms with van der Waals surface area (Å²) in [5.41, 5.74) is 0. The number of hydrogen-bond acceptors (Lipinski definition) is 6. The number of nitrogens with zero attached hydrogens (tertiary/aromatic N) is 4. The van der Waals surface area contributed by atoms with Crippen molar-refractivity contribution in [1.82, 2.24) is 14.3 Å². The highest BCUT2D eigenvalue weighted by Crippen LogP contribution is 2.13. The highest BCUT2D eigenvalue weighted by molar-refractivity contribution is 7.89. The normalized spacial score (nSPS) is 11.3. The molecule has 0 aromatic carbocycles. The third kappa shape index (κ3) is 4.15. The highest BCUT2D eigenvalue weighted by atomic mass is 32.2. The first kappa shape index (κ1) is 15.3. The van der Waals surface area contributed by atoms with Crippen molar-refractivity contribution in [1.29, 1.82) is 5.26 Å². The molecule has 0 spiro atoms. The maximum Gasteiger partial charge on any atom is 0.245 e. The number of rotatable bonds is 7. The number of hydrogen-bond donors (Lipinski definition) is 1. The Morgan fingerprint density at radius 1 is 1.42 bits per heavy atom. The fraction of sp³-hybridized carbons (Fsp3) is 0.545. The molecule has 0 saturated heterocycles. The summed E-state index contributed by atoms with van der Waals surface area (Å²) in [6.45, 7) is 2.89. The van der Waals surface area contributed by atoms with Crippen LogP contribution in [0.4, 0.5) is 5.95 Å². The minimum atomic E-state index is -3.62. The van der Waals surface area contributed by atoms with Gasteiger partial charge in [-0.25, -0.2) is 18.4 Å². The zero-order chi connectivity index (χ0) is 14.3. The third-order valence-corrected chi connectivity index (χ3v) is 4.22. The van der Waals surface area contributed by atoms with E-state index in [9.17, 15) is 8.42 Å². The van der Waals surface area contributed by atoms with Crippen LogP contribution in [-0.4, -0.2) is 42.8 Å². The Hall–Kier alpha value is -1.72.